The highest BCUT2D eigenvalue weighted by Crippen LogP contribution is 2.20. The second kappa shape index (κ2) is 10.2. The Morgan fingerprint density at radius 1 is 1.00 bits per heavy atom. The fourth-order valence-corrected chi connectivity index (χ4v) is 3.59. The minimum absolute atomic E-state index is 0.0550. The second-order valence-corrected chi connectivity index (χ2v) is 7.40. The Hall–Kier alpha value is -2.90. The predicted octanol–water partition coefficient (Wildman–Crippen LogP) is 3.26. The highest BCUT2D eigenvalue weighted by atomic mass is 16.7. The highest BCUT2D eigenvalue weighted by Gasteiger charge is 2.23. The number of carboxylic acid groups (broad SMARTS) is 1. The third-order valence-electron chi connectivity index (χ3n) is 5.41. The Morgan fingerprint density at radius 2 is 1.57 bits per heavy atom. The first-order valence-electron chi connectivity index (χ1n) is 10.0. The maximum atomic E-state index is 12.7. The van der Waals surface area contributed by atoms with E-state index in [2.05, 4.69) is 29.6 Å². The van der Waals surface area contributed by atoms with Crippen LogP contribution in [0.4, 0.5) is 5.69 Å². The molecule has 0 saturated carbocycles. The number of aromatic carboxylic acids is 1. The smallest absolute Gasteiger partial charge is 0.335 e. The average Bonchev–Trinajstić information content (AvgIpc) is 2.78. The number of methoxy groups -OCH3 is 2. The molecule has 7 nitrogen and oxygen atoms in total. The Kier molecular flexibility index (Phi) is 7.43. The van der Waals surface area contributed by atoms with Gasteiger partial charge in [-0.05, 0) is 54.8 Å². The van der Waals surface area contributed by atoms with Gasteiger partial charge in [0.2, 0.25) is 0 Å². The molecule has 0 radical (unpaired) electrons. The van der Waals surface area contributed by atoms with Gasteiger partial charge in [0.15, 0.2) is 6.29 Å². The lowest BCUT2D eigenvalue weighted by Crippen LogP contribution is -2.42. The highest BCUT2D eigenvalue weighted by molar-refractivity contribution is 5.96. The lowest BCUT2D eigenvalue weighted by molar-refractivity contribution is -0.100. The topological polar surface area (TPSA) is 88.1 Å². The number of carbonyl (C=O) groups excluding carboxylic acids is 1. The van der Waals surface area contributed by atoms with Crippen LogP contribution in [0.3, 0.4) is 0 Å². The summed E-state index contributed by atoms with van der Waals surface area (Å²) < 4.78 is 10.5. The Morgan fingerprint density at radius 3 is 2.10 bits per heavy atom. The number of nitrogens with one attached hydrogen (secondary N) is 1. The van der Waals surface area contributed by atoms with Crippen molar-refractivity contribution in [3.05, 3.63) is 65.2 Å². The molecule has 0 spiro atoms. The molecule has 2 aromatic rings. The molecule has 0 atom stereocenters. The van der Waals surface area contributed by atoms with Gasteiger partial charge in [-0.1, -0.05) is 12.1 Å². The lowest BCUT2D eigenvalue weighted by atomic mass is 10.0. The number of anilines is 1. The molecule has 30 heavy (non-hydrogen) atoms. The molecule has 1 fully saturated rings. The van der Waals surface area contributed by atoms with E-state index in [1.807, 2.05) is 4.90 Å². The summed E-state index contributed by atoms with van der Waals surface area (Å²) in [7, 11) is 3.26. The van der Waals surface area contributed by atoms with Gasteiger partial charge in [0.25, 0.3) is 5.91 Å². The number of ether oxygens (including phenoxy) is 2. The van der Waals surface area contributed by atoms with E-state index >= 15 is 0 Å². The zero-order valence-corrected chi connectivity index (χ0v) is 17.3. The van der Waals surface area contributed by atoms with E-state index in [1.165, 1.54) is 12.1 Å². The maximum absolute atomic E-state index is 12.7. The van der Waals surface area contributed by atoms with Crippen LogP contribution in [0.1, 0.15) is 39.1 Å². The van der Waals surface area contributed by atoms with E-state index in [1.54, 1.807) is 26.4 Å². The van der Waals surface area contributed by atoms with Gasteiger partial charge in [0.05, 0.1) is 5.56 Å². The molecule has 2 N–H and O–H groups in total. The number of amides is 1. The van der Waals surface area contributed by atoms with Crippen LogP contribution in [0.5, 0.6) is 0 Å². The molecular formula is C23H28N2O5. The molecule has 1 aliphatic rings. The number of carboxylic acids is 1. The summed E-state index contributed by atoms with van der Waals surface area (Å²) in [4.78, 5) is 25.4. The molecule has 0 unspecified atom stereocenters. The van der Waals surface area contributed by atoms with E-state index in [-0.39, 0.29) is 17.8 Å². The minimum Gasteiger partial charge on any atom is -0.478 e. The van der Waals surface area contributed by atoms with E-state index in [4.69, 9.17) is 14.6 Å². The average molecular weight is 412 g/mol. The fraction of sp³-hybridized carbons (Fsp3) is 0.391. The monoisotopic (exact) mass is 412 g/mol. The first kappa shape index (κ1) is 21.8. The van der Waals surface area contributed by atoms with Crippen LogP contribution in [-0.4, -0.2) is 61.5 Å². The third kappa shape index (κ3) is 5.58. The summed E-state index contributed by atoms with van der Waals surface area (Å²) in [5.41, 5.74) is 2.90. The molecule has 160 valence electrons. The van der Waals surface area contributed by atoms with E-state index in [0.717, 1.165) is 24.1 Å². The van der Waals surface area contributed by atoms with E-state index in [9.17, 15) is 9.59 Å². The van der Waals surface area contributed by atoms with Crippen LogP contribution in [0, 0.1) is 0 Å². The summed E-state index contributed by atoms with van der Waals surface area (Å²) in [5.74, 6) is -1.05. The number of carbonyl (C=O) groups is 2. The summed E-state index contributed by atoms with van der Waals surface area (Å²) in [6, 6.07) is 14.6. The van der Waals surface area contributed by atoms with Crippen molar-refractivity contribution in [3.8, 4) is 0 Å². The van der Waals surface area contributed by atoms with Gasteiger partial charge in [-0.2, -0.15) is 0 Å². The summed E-state index contributed by atoms with van der Waals surface area (Å²) in [6.45, 7) is 1.33. The van der Waals surface area contributed by atoms with Gasteiger partial charge in [0.1, 0.15) is 0 Å². The van der Waals surface area contributed by atoms with Gasteiger partial charge in [-0.3, -0.25) is 4.79 Å². The van der Waals surface area contributed by atoms with Gasteiger partial charge in [-0.25, -0.2) is 4.79 Å². The Bertz CT molecular complexity index is 839. The molecule has 1 aliphatic heterocycles. The molecule has 0 aliphatic carbocycles. The molecule has 2 aromatic carbocycles. The Balaban J connectivity index is 1.49. The lowest BCUT2D eigenvalue weighted by Gasteiger charge is -2.33. The van der Waals surface area contributed by atoms with Crippen LogP contribution >= 0.6 is 0 Å². The predicted molar refractivity (Wildman–Crippen MR) is 114 cm³/mol. The van der Waals surface area contributed by atoms with Crippen LogP contribution in [0.2, 0.25) is 0 Å². The van der Waals surface area contributed by atoms with Crippen LogP contribution in [0.15, 0.2) is 48.5 Å². The first-order valence-corrected chi connectivity index (χ1v) is 10.0. The molecule has 3 rings (SSSR count). The molecular weight excluding hydrogens is 384 g/mol. The summed E-state index contributed by atoms with van der Waals surface area (Å²) in [6.07, 6.45) is 2.17. The number of hydrogen-bond donors (Lipinski definition) is 2. The van der Waals surface area contributed by atoms with Crippen molar-refractivity contribution in [2.24, 2.45) is 0 Å². The van der Waals surface area contributed by atoms with Crippen LogP contribution in [-0.2, 0) is 15.9 Å². The number of benzene rings is 2. The Labute approximate surface area is 176 Å². The summed E-state index contributed by atoms with van der Waals surface area (Å²) >= 11 is 0. The van der Waals surface area contributed by atoms with Crippen molar-refractivity contribution in [1.82, 2.24) is 4.90 Å². The molecule has 0 bridgehead atoms. The molecule has 0 aromatic heterocycles. The molecule has 1 heterocycles. The number of nitrogens with zero attached hydrogens (tertiary/aromatic N) is 1. The largest absolute Gasteiger partial charge is 0.478 e. The van der Waals surface area contributed by atoms with Crippen molar-refractivity contribution in [3.63, 3.8) is 0 Å². The van der Waals surface area contributed by atoms with Crippen molar-refractivity contribution < 1.29 is 24.2 Å². The fourth-order valence-electron chi connectivity index (χ4n) is 3.59. The normalized spacial score (nSPS) is 14.7. The van der Waals surface area contributed by atoms with Crippen molar-refractivity contribution in [2.75, 3.05) is 32.6 Å². The maximum Gasteiger partial charge on any atom is 0.335 e. The number of likely N-dealkylation sites (tertiary alicyclic amines) is 1. The van der Waals surface area contributed by atoms with Gasteiger partial charge < -0.3 is 24.8 Å². The van der Waals surface area contributed by atoms with Gasteiger partial charge >= 0.3 is 5.97 Å². The van der Waals surface area contributed by atoms with Crippen molar-refractivity contribution >= 4 is 17.6 Å². The quantitative estimate of drug-likeness (QED) is 0.647. The molecule has 7 heteroatoms. The first-order chi connectivity index (χ1) is 14.5. The minimum atomic E-state index is -0.994. The zero-order chi connectivity index (χ0) is 21.5. The van der Waals surface area contributed by atoms with Crippen molar-refractivity contribution in [2.45, 2.75) is 31.6 Å². The number of rotatable bonds is 8. The van der Waals surface area contributed by atoms with Crippen LogP contribution < -0.4 is 5.32 Å². The molecule has 1 saturated heterocycles. The third-order valence-corrected chi connectivity index (χ3v) is 5.41. The van der Waals surface area contributed by atoms with E-state index in [0.29, 0.717) is 31.1 Å². The van der Waals surface area contributed by atoms with Gasteiger partial charge in [-0.15, -0.1) is 0 Å². The van der Waals surface area contributed by atoms with Crippen molar-refractivity contribution in [1.29, 1.82) is 0 Å². The summed E-state index contributed by atoms with van der Waals surface area (Å²) in [5, 5.41) is 12.5. The SMILES string of the molecule is COC(Cc1ccc(NC2CCN(C(=O)c3ccc(C(=O)O)cc3)CC2)cc1)OC. The van der Waals surface area contributed by atoms with Gasteiger partial charge in [0, 0.05) is 51.0 Å². The zero-order valence-electron chi connectivity index (χ0n) is 17.3. The number of piperidine rings is 1. The standard InChI is InChI=1S/C23H28N2O5/c1-29-21(30-2)15-16-3-9-19(10-4-16)24-20-11-13-25(14-12-20)22(26)17-5-7-18(8-6-17)23(27)28/h3-10,20-21,24H,11-15H2,1-2H3,(H,27,28). The second-order valence-electron chi connectivity index (χ2n) is 7.40. The van der Waals surface area contributed by atoms with Crippen LogP contribution in [0.25, 0.3) is 0 Å². The van der Waals surface area contributed by atoms with E-state index < -0.39 is 5.97 Å². The number of hydrogen-bond acceptors (Lipinski definition) is 5. The molecule has 1 amide bonds.